The van der Waals surface area contributed by atoms with Crippen LogP contribution in [-0.2, 0) is 38.7 Å². The Balaban J connectivity index is 1.87. The molecule has 0 aliphatic rings. The molecule has 4 rings (SSSR count). The maximum absolute atomic E-state index is 14.8. The number of anilines is 1. The van der Waals surface area contributed by atoms with Crippen molar-refractivity contribution in [2.24, 2.45) is 7.05 Å². The zero-order valence-corrected chi connectivity index (χ0v) is 21.1. The molecule has 218 valence electrons. The van der Waals surface area contributed by atoms with E-state index in [9.17, 15) is 43.9 Å². The van der Waals surface area contributed by atoms with E-state index >= 15 is 0 Å². The van der Waals surface area contributed by atoms with Crippen LogP contribution in [0.4, 0.5) is 49.9 Å². The molecule has 0 aliphatic heterocycles. The number of aromatic nitrogens is 4. The lowest BCUT2D eigenvalue weighted by atomic mass is 9.95. The van der Waals surface area contributed by atoms with Gasteiger partial charge in [0.15, 0.2) is 0 Å². The molecule has 0 spiro atoms. The SMILES string of the molecule is Cc1ccc(F)c(-c2ccc(C(F)(F)F)cc2CN(Cc2cc(C(F)(F)F)cc(C(F)(F)F)c2)c2nnn(C)n2)c1. The number of rotatable bonds is 6. The zero-order chi connectivity index (χ0) is 30.3. The summed E-state index contributed by atoms with van der Waals surface area (Å²) < 4.78 is 136. The Labute approximate surface area is 226 Å². The zero-order valence-electron chi connectivity index (χ0n) is 21.1. The van der Waals surface area contributed by atoms with Gasteiger partial charge in [-0.05, 0) is 71.3 Å². The molecule has 0 saturated carbocycles. The van der Waals surface area contributed by atoms with E-state index in [0.717, 1.165) is 34.0 Å². The van der Waals surface area contributed by atoms with E-state index in [-0.39, 0.29) is 28.7 Å². The molecule has 0 N–H and O–H groups in total. The van der Waals surface area contributed by atoms with Gasteiger partial charge in [0.25, 0.3) is 5.95 Å². The van der Waals surface area contributed by atoms with Gasteiger partial charge in [-0.1, -0.05) is 22.8 Å². The number of hydrogen-bond donors (Lipinski definition) is 0. The highest BCUT2D eigenvalue weighted by atomic mass is 19.4. The maximum Gasteiger partial charge on any atom is 0.416 e. The van der Waals surface area contributed by atoms with Crippen molar-refractivity contribution in [3.8, 4) is 11.1 Å². The van der Waals surface area contributed by atoms with Crippen LogP contribution in [0.3, 0.4) is 0 Å². The van der Waals surface area contributed by atoms with E-state index in [1.807, 2.05) is 0 Å². The van der Waals surface area contributed by atoms with Gasteiger partial charge in [0, 0.05) is 18.7 Å². The number of aryl methyl sites for hydroxylation is 2. The van der Waals surface area contributed by atoms with Gasteiger partial charge in [-0.25, -0.2) is 4.39 Å². The van der Waals surface area contributed by atoms with E-state index < -0.39 is 59.7 Å². The molecule has 4 aromatic rings. The van der Waals surface area contributed by atoms with Crippen LogP contribution in [0, 0.1) is 12.7 Å². The summed E-state index contributed by atoms with van der Waals surface area (Å²) in [5, 5.41) is 11.3. The highest BCUT2D eigenvalue weighted by Crippen LogP contribution is 2.38. The second-order valence-corrected chi connectivity index (χ2v) is 9.20. The van der Waals surface area contributed by atoms with Gasteiger partial charge in [-0.2, -0.15) is 44.3 Å². The van der Waals surface area contributed by atoms with Crippen molar-refractivity contribution in [3.63, 3.8) is 0 Å². The number of alkyl halides is 9. The summed E-state index contributed by atoms with van der Waals surface area (Å²) in [5.41, 5.74) is -4.31. The normalized spacial score (nSPS) is 12.6. The summed E-state index contributed by atoms with van der Waals surface area (Å²) in [5.74, 6) is -1.06. The van der Waals surface area contributed by atoms with Crippen LogP contribution in [0.5, 0.6) is 0 Å². The maximum atomic E-state index is 14.8. The van der Waals surface area contributed by atoms with E-state index in [4.69, 9.17) is 0 Å². The minimum atomic E-state index is -5.12. The minimum Gasteiger partial charge on any atom is -0.330 e. The Morgan fingerprint density at radius 1 is 0.707 bits per heavy atom. The van der Waals surface area contributed by atoms with E-state index in [0.29, 0.717) is 17.7 Å². The number of hydrogen-bond acceptors (Lipinski definition) is 4. The molecular formula is C26H19F10N5. The first kappa shape index (κ1) is 29.8. The molecule has 15 heteroatoms. The van der Waals surface area contributed by atoms with Gasteiger partial charge in [0.1, 0.15) is 5.82 Å². The lowest BCUT2D eigenvalue weighted by Crippen LogP contribution is -2.25. The molecule has 0 fully saturated rings. The monoisotopic (exact) mass is 591 g/mol. The second kappa shape index (κ2) is 10.7. The van der Waals surface area contributed by atoms with Crippen LogP contribution >= 0.6 is 0 Å². The standard InChI is InChI=1S/C26H19F10N5/c1-14-3-6-22(27)21(7-14)20-5-4-17(24(28,29)30)10-16(20)13-41(23-37-39-40(2)38-23)12-15-8-18(25(31,32)33)11-19(9-15)26(34,35)36/h3-11H,12-13H2,1-2H3. The van der Waals surface area contributed by atoms with Crippen LogP contribution in [0.2, 0.25) is 0 Å². The topological polar surface area (TPSA) is 46.8 Å². The number of halogens is 10. The molecule has 1 heterocycles. The summed E-state index contributed by atoms with van der Waals surface area (Å²) in [6.07, 6.45) is -15.1. The lowest BCUT2D eigenvalue weighted by Gasteiger charge is -2.24. The molecule has 0 saturated heterocycles. The number of tetrazole rings is 1. The van der Waals surface area contributed by atoms with E-state index in [1.54, 1.807) is 6.92 Å². The van der Waals surface area contributed by atoms with Gasteiger partial charge in [0.05, 0.1) is 23.7 Å². The molecule has 0 radical (unpaired) electrons. The fourth-order valence-corrected chi connectivity index (χ4v) is 4.14. The third kappa shape index (κ3) is 6.95. The Morgan fingerprint density at radius 2 is 1.32 bits per heavy atom. The first-order chi connectivity index (χ1) is 18.9. The van der Waals surface area contributed by atoms with Gasteiger partial charge in [0.2, 0.25) is 0 Å². The summed E-state index contributed by atoms with van der Waals surface area (Å²) in [6, 6.07) is 7.43. The average Bonchev–Trinajstić information content (AvgIpc) is 3.29. The Kier molecular flexibility index (Phi) is 7.76. The second-order valence-electron chi connectivity index (χ2n) is 9.20. The molecule has 0 atom stereocenters. The third-order valence-electron chi connectivity index (χ3n) is 6.01. The Morgan fingerprint density at radius 3 is 1.85 bits per heavy atom. The highest BCUT2D eigenvalue weighted by Gasteiger charge is 2.37. The number of benzene rings is 3. The summed E-state index contributed by atoms with van der Waals surface area (Å²) in [4.78, 5) is 2.00. The fraction of sp³-hybridized carbons (Fsp3) is 0.269. The van der Waals surface area contributed by atoms with E-state index in [2.05, 4.69) is 15.4 Å². The third-order valence-corrected chi connectivity index (χ3v) is 6.01. The summed E-state index contributed by atoms with van der Waals surface area (Å²) >= 11 is 0. The van der Waals surface area contributed by atoms with Gasteiger partial charge >= 0.3 is 18.5 Å². The summed E-state index contributed by atoms with van der Waals surface area (Å²) in [7, 11) is 1.33. The molecule has 3 aromatic carbocycles. The molecule has 0 amide bonds. The Bertz CT molecular complexity index is 1520. The average molecular weight is 591 g/mol. The van der Waals surface area contributed by atoms with Gasteiger partial charge in [-0.3, -0.25) is 0 Å². The molecule has 1 aromatic heterocycles. The van der Waals surface area contributed by atoms with E-state index in [1.165, 1.54) is 19.2 Å². The van der Waals surface area contributed by atoms with Gasteiger partial charge < -0.3 is 4.90 Å². The lowest BCUT2D eigenvalue weighted by molar-refractivity contribution is -0.143. The van der Waals surface area contributed by atoms with Crippen molar-refractivity contribution in [1.82, 2.24) is 20.2 Å². The fourth-order valence-electron chi connectivity index (χ4n) is 4.14. The van der Waals surface area contributed by atoms with Crippen molar-refractivity contribution < 1.29 is 43.9 Å². The highest BCUT2D eigenvalue weighted by molar-refractivity contribution is 5.70. The first-order valence-corrected chi connectivity index (χ1v) is 11.7. The largest absolute Gasteiger partial charge is 0.416 e. The van der Waals surface area contributed by atoms with Crippen molar-refractivity contribution >= 4 is 5.95 Å². The number of nitrogens with zero attached hydrogens (tertiary/aromatic N) is 5. The molecule has 41 heavy (non-hydrogen) atoms. The van der Waals surface area contributed by atoms with Crippen molar-refractivity contribution in [2.45, 2.75) is 38.5 Å². The van der Waals surface area contributed by atoms with Crippen molar-refractivity contribution in [2.75, 3.05) is 4.90 Å². The van der Waals surface area contributed by atoms with Crippen LogP contribution in [0.1, 0.15) is 33.4 Å². The first-order valence-electron chi connectivity index (χ1n) is 11.7. The van der Waals surface area contributed by atoms with Gasteiger partial charge in [-0.15, -0.1) is 5.10 Å². The predicted molar refractivity (Wildman–Crippen MR) is 127 cm³/mol. The predicted octanol–water partition coefficient (Wildman–Crippen LogP) is 7.59. The minimum absolute atomic E-state index is 0.0214. The quantitative estimate of drug-likeness (QED) is 0.217. The van der Waals surface area contributed by atoms with Crippen LogP contribution in [0.25, 0.3) is 11.1 Å². The molecule has 5 nitrogen and oxygen atoms in total. The molecule has 0 bridgehead atoms. The summed E-state index contributed by atoms with van der Waals surface area (Å²) in [6.45, 7) is 0.384. The molecule has 0 unspecified atom stereocenters. The van der Waals surface area contributed by atoms with Crippen molar-refractivity contribution in [1.29, 1.82) is 0 Å². The Hall–Kier alpha value is -4.17. The van der Waals surface area contributed by atoms with Crippen molar-refractivity contribution in [3.05, 3.63) is 93.8 Å². The smallest absolute Gasteiger partial charge is 0.330 e. The molecular weight excluding hydrogens is 572 g/mol. The molecule has 0 aliphatic carbocycles. The van der Waals surface area contributed by atoms with Crippen LogP contribution < -0.4 is 4.90 Å². The van der Waals surface area contributed by atoms with Crippen LogP contribution in [-0.4, -0.2) is 20.2 Å². The van der Waals surface area contributed by atoms with Crippen LogP contribution in [0.15, 0.2) is 54.6 Å².